The molecule has 0 spiro atoms. The zero-order chi connectivity index (χ0) is 9.52. The van der Waals surface area contributed by atoms with Gasteiger partial charge in [-0.3, -0.25) is 4.90 Å². The minimum Gasteiger partial charge on any atom is -0.329 e. The maximum absolute atomic E-state index is 5.79. The maximum Gasteiger partial charge on any atom is 0.0226 e. The zero-order valence-electron chi connectivity index (χ0n) is 8.67. The summed E-state index contributed by atoms with van der Waals surface area (Å²) in [5.74, 6) is 1.25. The van der Waals surface area contributed by atoms with Gasteiger partial charge in [0.05, 0.1) is 0 Å². The highest BCUT2D eigenvalue weighted by atomic mass is 32.2. The van der Waals surface area contributed by atoms with Crippen LogP contribution in [0, 0.1) is 0 Å². The Morgan fingerprint density at radius 1 is 1.31 bits per heavy atom. The maximum atomic E-state index is 5.79. The molecule has 0 amide bonds. The van der Waals surface area contributed by atoms with Crippen molar-refractivity contribution in [1.29, 1.82) is 0 Å². The Morgan fingerprint density at radius 2 is 2.00 bits per heavy atom. The van der Waals surface area contributed by atoms with E-state index in [0.717, 1.165) is 6.54 Å². The average molecular weight is 202 g/mol. The molecule has 2 N–H and O–H groups in total. The van der Waals surface area contributed by atoms with Gasteiger partial charge in [-0.15, -0.1) is 0 Å². The normalized spacial score (nSPS) is 21.7. The molecule has 1 fully saturated rings. The van der Waals surface area contributed by atoms with Crippen LogP contribution in [0.25, 0.3) is 0 Å². The lowest BCUT2D eigenvalue weighted by Crippen LogP contribution is -2.43. The van der Waals surface area contributed by atoms with E-state index in [-0.39, 0.29) is 0 Å². The summed E-state index contributed by atoms with van der Waals surface area (Å²) in [6, 6.07) is 0.646. The van der Waals surface area contributed by atoms with Gasteiger partial charge in [0.2, 0.25) is 0 Å². The quantitative estimate of drug-likeness (QED) is 0.733. The minimum atomic E-state index is 0.646. The fourth-order valence-electron chi connectivity index (χ4n) is 1.99. The number of nitrogens with zero attached hydrogens (tertiary/aromatic N) is 1. The molecule has 0 aromatic heterocycles. The largest absolute Gasteiger partial charge is 0.329 e. The van der Waals surface area contributed by atoms with Gasteiger partial charge in [-0.1, -0.05) is 6.42 Å². The summed E-state index contributed by atoms with van der Waals surface area (Å²) in [6.07, 6.45) is 7.59. The van der Waals surface area contributed by atoms with E-state index in [2.05, 4.69) is 11.2 Å². The van der Waals surface area contributed by atoms with E-state index < -0.39 is 0 Å². The highest BCUT2D eigenvalue weighted by Gasteiger charge is 2.18. The second kappa shape index (κ2) is 6.68. The van der Waals surface area contributed by atoms with Crippen molar-refractivity contribution >= 4 is 11.8 Å². The van der Waals surface area contributed by atoms with Crippen molar-refractivity contribution in [1.82, 2.24) is 4.90 Å². The lowest BCUT2D eigenvalue weighted by atomic mass is 10.1. The number of thioether (sulfide) groups is 1. The minimum absolute atomic E-state index is 0.646. The first-order valence-corrected chi connectivity index (χ1v) is 6.71. The van der Waals surface area contributed by atoms with Gasteiger partial charge < -0.3 is 5.73 Å². The van der Waals surface area contributed by atoms with E-state index >= 15 is 0 Å². The van der Waals surface area contributed by atoms with Crippen molar-refractivity contribution in [3.05, 3.63) is 0 Å². The van der Waals surface area contributed by atoms with Crippen LogP contribution in [0.15, 0.2) is 0 Å². The van der Waals surface area contributed by atoms with Gasteiger partial charge in [-0.25, -0.2) is 0 Å². The number of nitrogens with two attached hydrogens (primary N) is 1. The first-order chi connectivity index (χ1) is 6.38. The molecular weight excluding hydrogens is 180 g/mol. The lowest BCUT2D eigenvalue weighted by molar-refractivity contribution is 0.164. The summed E-state index contributed by atoms with van der Waals surface area (Å²) in [6.45, 7) is 3.38. The standard InChI is InChI=1S/C10H22N2S/c1-13-8-5-10(9-11)12-6-3-2-4-7-12/h10H,2-9,11H2,1H3. The van der Waals surface area contributed by atoms with E-state index in [4.69, 9.17) is 5.73 Å². The van der Waals surface area contributed by atoms with Gasteiger partial charge in [0, 0.05) is 12.6 Å². The average Bonchev–Trinajstić information content (AvgIpc) is 2.21. The summed E-state index contributed by atoms with van der Waals surface area (Å²) in [7, 11) is 0. The molecule has 1 saturated heterocycles. The van der Waals surface area contributed by atoms with Gasteiger partial charge in [-0.05, 0) is 44.4 Å². The molecule has 0 aromatic rings. The predicted octanol–water partition coefficient (Wildman–Crippen LogP) is 1.55. The van der Waals surface area contributed by atoms with E-state index in [1.807, 2.05) is 11.8 Å². The molecule has 78 valence electrons. The third-order valence-corrected chi connectivity index (χ3v) is 3.48. The first-order valence-electron chi connectivity index (χ1n) is 5.31. The third-order valence-electron chi connectivity index (χ3n) is 2.83. The molecule has 1 heterocycles. The molecule has 1 rings (SSSR count). The summed E-state index contributed by atoms with van der Waals surface area (Å²) >= 11 is 1.93. The topological polar surface area (TPSA) is 29.3 Å². The monoisotopic (exact) mass is 202 g/mol. The molecule has 3 heteroatoms. The van der Waals surface area contributed by atoms with Gasteiger partial charge in [0.1, 0.15) is 0 Å². The van der Waals surface area contributed by atoms with Crippen molar-refractivity contribution < 1.29 is 0 Å². The SMILES string of the molecule is CSCCC(CN)N1CCCCC1. The van der Waals surface area contributed by atoms with Gasteiger partial charge in [0.15, 0.2) is 0 Å². The highest BCUT2D eigenvalue weighted by molar-refractivity contribution is 7.98. The molecule has 1 aliphatic rings. The molecular formula is C10H22N2S. The molecule has 13 heavy (non-hydrogen) atoms. The zero-order valence-corrected chi connectivity index (χ0v) is 9.48. The van der Waals surface area contributed by atoms with Crippen molar-refractivity contribution in [3.63, 3.8) is 0 Å². The summed E-state index contributed by atoms with van der Waals surface area (Å²) in [4.78, 5) is 2.58. The summed E-state index contributed by atoms with van der Waals surface area (Å²) in [5.41, 5.74) is 5.79. The Morgan fingerprint density at radius 3 is 2.54 bits per heavy atom. The Balaban J connectivity index is 2.26. The molecule has 0 aliphatic carbocycles. The number of rotatable bonds is 5. The van der Waals surface area contributed by atoms with Crippen LogP contribution >= 0.6 is 11.8 Å². The lowest BCUT2D eigenvalue weighted by Gasteiger charge is -2.33. The molecule has 0 radical (unpaired) electrons. The van der Waals surface area contributed by atoms with Crippen LogP contribution < -0.4 is 5.73 Å². The Bertz CT molecular complexity index is 124. The van der Waals surface area contributed by atoms with Crippen LogP contribution in [0.4, 0.5) is 0 Å². The van der Waals surface area contributed by atoms with Crippen molar-refractivity contribution in [2.24, 2.45) is 5.73 Å². The van der Waals surface area contributed by atoms with Crippen molar-refractivity contribution in [3.8, 4) is 0 Å². The molecule has 0 saturated carbocycles. The van der Waals surface area contributed by atoms with Crippen molar-refractivity contribution in [2.75, 3.05) is 31.6 Å². The summed E-state index contributed by atoms with van der Waals surface area (Å²) < 4.78 is 0. The van der Waals surface area contributed by atoms with E-state index in [0.29, 0.717) is 6.04 Å². The van der Waals surface area contributed by atoms with E-state index in [1.165, 1.54) is 44.5 Å². The first kappa shape index (κ1) is 11.3. The van der Waals surface area contributed by atoms with Gasteiger partial charge in [0.25, 0.3) is 0 Å². The van der Waals surface area contributed by atoms with Crippen LogP contribution in [0.5, 0.6) is 0 Å². The van der Waals surface area contributed by atoms with Gasteiger partial charge in [-0.2, -0.15) is 11.8 Å². The van der Waals surface area contributed by atoms with Crippen LogP contribution in [0.2, 0.25) is 0 Å². The molecule has 2 nitrogen and oxygen atoms in total. The molecule has 1 unspecified atom stereocenters. The summed E-state index contributed by atoms with van der Waals surface area (Å²) in [5, 5.41) is 0. The van der Waals surface area contributed by atoms with Crippen molar-refractivity contribution in [2.45, 2.75) is 31.7 Å². The third kappa shape index (κ3) is 3.88. The predicted molar refractivity (Wildman–Crippen MR) is 61.3 cm³/mol. The number of likely N-dealkylation sites (tertiary alicyclic amines) is 1. The van der Waals surface area contributed by atoms with E-state index in [9.17, 15) is 0 Å². The Hall–Kier alpha value is 0.270. The number of hydrogen-bond acceptors (Lipinski definition) is 3. The van der Waals surface area contributed by atoms with Crippen LogP contribution in [-0.4, -0.2) is 42.6 Å². The Kier molecular flexibility index (Phi) is 5.83. The number of piperidine rings is 1. The van der Waals surface area contributed by atoms with Gasteiger partial charge >= 0.3 is 0 Å². The highest BCUT2D eigenvalue weighted by Crippen LogP contribution is 2.14. The molecule has 0 aromatic carbocycles. The second-order valence-corrected chi connectivity index (χ2v) is 4.75. The molecule has 1 aliphatic heterocycles. The van der Waals surface area contributed by atoms with Crippen LogP contribution in [0.1, 0.15) is 25.7 Å². The fraction of sp³-hybridized carbons (Fsp3) is 1.00. The molecule has 0 bridgehead atoms. The van der Waals surface area contributed by atoms with E-state index in [1.54, 1.807) is 0 Å². The molecule has 1 atom stereocenters. The van der Waals surface area contributed by atoms with Crippen LogP contribution in [0.3, 0.4) is 0 Å². The van der Waals surface area contributed by atoms with Crippen LogP contribution in [-0.2, 0) is 0 Å². The second-order valence-electron chi connectivity index (χ2n) is 3.77. The smallest absolute Gasteiger partial charge is 0.0226 e. The Labute approximate surface area is 86.2 Å². The number of hydrogen-bond donors (Lipinski definition) is 1. The fourth-order valence-corrected chi connectivity index (χ4v) is 2.49.